The summed E-state index contributed by atoms with van der Waals surface area (Å²) < 4.78 is 5.10. The van der Waals surface area contributed by atoms with E-state index < -0.39 is 0 Å². The Bertz CT molecular complexity index is 394. The number of piperazine rings is 1. The van der Waals surface area contributed by atoms with Gasteiger partial charge in [0, 0.05) is 31.1 Å². The molecule has 0 spiro atoms. The first-order valence-corrected chi connectivity index (χ1v) is 7.03. The number of benzene rings is 1. The molecule has 1 amide bonds. The molecule has 2 rings (SSSR count). The molecule has 19 heavy (non-hydrogen) atoms. The molecule has 1 aliphatic heterocycles. The van der Waals surface area contributed by atoms with Gasteiger partial charge in [0.1, 0.15) is 5.75 Å². The van der Waals surface area contributed by atoms with Crippen molar-refractivity contribution in [3.63, 3.8) is 0 Å². The van der Waals surface area contributed by atoms with Gasteiger partial charge in [0.25, 0.3) is 0 Å². The Labute approximate surface area is 124 Å². The molecule has 1 N–H and O–H groups in total. The number of nitrogens with zero attached hydrogens (tertiary/aromatic N) is 1. The molecule has 0 aliphatic carbocycles. The van der Waals surface area contributed by atoms with Gasteiger partial charge >= 0.3 is 0 Å². The van der Waals surface area contributed by atoms with E-state index in [2.05, 4.69) is 5.32 Å². The van der Waals surface area contributed by atoms with Crippen LogP contribution in [0, 0.1) is 0 Å². The molecule has 6 heteroatoms. The van der Waals surface area contributed by atoms with Crippen LogP contribution < -0.4 is 10.1 Å². The number of carbonyl (C=O) groups is 1. The van der Waals surface area contributed by atoms with Gasteiger partial charge in [-0.3, -0.25) is 4.79 Å². The number of carbonyl (C=O) groups excluding carboxylic acids is 1. The Morgan fingerprint density at radius 1 is 1.32 bits per heavy atom. The number of hydrogen-bond acceptors (Lipinski definition) is 4. The average Bonchev–Trinajstić information content (AvgIpc) is 2.46. The Morgan fingerprint density at radius 2 is 1.95 bits per heavy atom. The molecule has 1 aliphatic rings. The molecule has 0 aromatic heterocycles. The number of hydrogen-bond donors (Lipinski definition) is 1. The van der Waals surface area contributed by atoms with Crippen LogP contribution in [0.25, 0.3) is 0 Å². The fourth-order valence-electron chi connectivity index (χ4n) is 1.82. The second-order valence-corrected chi connectivity index (χ2v) is 5.14. The quantitative estimate of drug-likeness (QED) is 0.859. The van der Waals surface area contributed by atoms with Gasteiger partial charge in [0.2, 0.25) is 5.91 Å². The highest BCUT2D eigenvalue weighted by atomic mass is 35.5. The Hall–Kier alpha value is -0.910. The highest BCUT2D eigenvalue weighted by Gasteiger charge is 2.15. The molecule has 0 unspecified atom stereocenters. The monoisotopic (exact) mass is 302 g/mol. The van der Waals surface area contributed by atoms with Crippen LogP contribution in [0.2, 0.25) is 0 Å². The molecule has 0 bridgehead atoms. The van der Waals surface area contributed by atoms with Gasteiger partial charge in [-0.05, 0) is 24.3 Å². The third kappa shape index (κ3) is 4.93. The van der Waals surface area contributed by atoms with Crippen LogP contribution >= 0.6 is 24.2 Å². The predicted molar refractivity (Wildman–Crippen MR) is 80.4 cm³/mol. The summed E-state index contributed by atoms with van der Waals surface area (Å²) in [7, 11) is 1.65. The van der Waals surface area contributed by atoms with Crippen LogP contribution in [0.3, 0.4) is 0 Å². The first kappa shape index (κ1) is 16.1. The lowest BCUT2D eigenvalue weighted by Gasteiger charge is -2.27. The van der Waals surface area contributed by atoms with Crippen LogP contribution in [0.15, 0.2) is 29.2 Å². The van der Waals surface area contributed by atoms with Crippen LogP contribution in [0.5, 0.6) is 5.75 Å². The summed E-state index contributed by atoms with van der Waals surface area (Å²) in [4.78, 5) is 15.0. The minimum Gasteiger partial charge on any atom is -0.497 e. The first-order chi connectivity index (χ1) is 8.79. The van der Waals surface area contributed by atoms with Crippen molar-refractivity contribution >= 4 is 30.1 Å². The number of halogens is 1. The van der Waals surface area contributed by atoms with Crippen LogP contribution in [0.1, 0.15) is 0 Å². The molecule has 0 atom stereocenters. The highest BCUT2D eigenvalue weighted by molar-refractivity contribution is 8.00. The van der Waals surface area contributed by atoms with Crippen LogP contribution in [-0.4, -0.2) is 49.8 Å². The van der Waals surface area contributed by atoms with Crippen molar-refractivity contribution in [1.82, 2.24) is 10.2 Å². The summed E-state index contributed by atoms with van der Waals surface area (Å²) in [6.07, 6.45) is 0. The van der Waals surface area contributed by atoms with Gasteiger partial charge in [0.05, 0.1) is 12.9 Å². The summed E-state index contributed by atoms with van der Waals surface area (Å²) in [5.41, 5.74) is 0. The fraction of sp³-hybridized carbons (Fsp3) is 0.462. The molecule has 1 fully saturated rings. The third-order valence-electron chi connectivity index (χ3n) is 2.89. The fourth-order valence-corrected chi connectivity index (χ4v) is 2.62. The molecule has 0 radical (unpaired) electrons. The number of ether oxygens (including phenoxy) is 1. The molecule has 106 valence electrons. The third-order valence-corrected chi connectivity index (χ3v) is 3.89. The molecule has 1 aromatic rings. The van der Waals surface area contributed by atoms with Gasteiger partial charge < -0.3 is 15.0 Å². The number of rotatable bonds is 4. The van der Waals surface area contributed by atoms with Crippen molar-refractivity contribution in [2.45, 2.75) is 4.90 Å². The van der Waals surface area contributed by atoms with Gasteiger partial charge in [-0.15, -0.1) is 24.2 Å². The van der Waals surface area contributed by atoms with E-state index >= 15 is 0 Å². The number of amides is 1. The predicted octanol–water partition coefficient (Wildman–Crippen LogP) is 1.64. The standard InChI is InChI=1S/C13H18N2O2S.ClH/c1-17-11-2-4-12(5-3-11)18-10-13(16)15-8-6-14-7-9-15;/h2-5,14H,6-10H2,1H3;1H. The van der Waals surface area contributed by atoms with Crippen molar-refractivity contribution in [2.24, 2.45) is 0 Å². The zero-order valence-electron chi connectivity index (χ0n) is 10.9. The number of thioether (sulfide) groups is 1. The smallest absolute Gasteiger partial charge is 0.233 e. The zero-order valence-corrected chi connectivity index (χ0v) is 12.6. The maximum Gasteiger partial charge on any atom is 0.233 e. The Morgan fingerprint density at radius 3 is 2.53 bits per heavy atom. The second-order valence-electron chi connectivity index (χ2n) is 4.09. The van der Waals surface area contributed by atoms with E-state index in [-0.39, 0.29) is 18.3 Å². The summed E-state index contributed by atoms with van der Waals surface area (Å²) in [5.74, 6) is 1.57. The van der Waals surface area contributed by atoms with E-state index in [0.29, 0.717) is 5.75 Å². The van der Waals surface area contributed by atoms with Gasteiger partial charge in [-0.25, -0.2) is 0 Å². The van der Waals surface area contributed by atoms with E-state index in [0.717, 1.165) is 36.8 Å². The molecule has 1 heterocycles. The number of nitrogens with one attached hydrogen (secondary N) is 1. The normalized spacial score (nSPS) is 14.7. The minimum absolute atomic E-state index is 0. The van der Waals surface area contributed by atoms with Crippen molar-refractivity contribution in [3.8, 4) is 5.75 Å². The van der Waals surface area contributed by atoms with E-state index in [1.807, 2.05) is 29.2 Å². The number of methoxy groups -OCH3 is 1. The van der Waals surface area contributed by atoms with Gasteiger partial charge in [-0.2, -0.15) is 0 Å². The van der Waals surface area contributed by atoms with Crippen molar-refractivity contribution in [3.05, 3.63) is 24.3 Å². The summed E-state index contributed by atoms with van der Waals surface area (Å²) in [5, 5.41) is 3.24. The molecule has 4 nitrogen and oxygen atoms in total. The van der Waals surface area contributed by atoms with E-state index in [1.54, 1.807) is 18.9 Å². The maximum atomic E-state index is 11.9. The topological polar surface area (TPSA) is 41.6 Å². The largest absolute Gasteiger partial charge is 0.497 e. The molecule has 1 aromatic carbocycles. The SMILES string of the molecule is COc1ccc(SCC(=O)N2CCNCC2)cc1.Cl. The highest BCUT2D eigenvalue weighted by Crippen LogP contribution is 2.21. The molecule has 0 saturated carbocycles. The van der Waals surface area contributed by atoms with Gasteiger partial charge in [-0.1, -0.05) is 0 Å². The molecule has 1 saturated heterocycles. The molecular formula is C13H19ClN2O2S. The lowest BCUT2D eigenvalue weighted by Crippen LogP contribution is -2.47. The maximum absolute atomic E-state index is 11.9. The average molecular weight is 303 g/mol. The summed E-state index contributed by atoms with van der Waals surface area (Å²) in [6.45, 7) is 3.45. The van der Waals surface area contributed by atoms with Crippen LogP contribution in [0.4, 0.5) is 0 Å². The van der Waals surface area contributed by atoms with Crippen molar-refractivity contribution in [1.29, 1.82) is 0 Å². The summed E-state index contributed by atoms with van der Waals surface area (Å²) >= 11 is 1.57. The lowest BCUT2D eigenvalue weighted by molar-refractivity contribution is -0.128. The van der Waals surface area contributed by atoms with Crippen LogP contribution in [-0.2, 0) is 4.79 Å². The first-order valence-electron chi connectivity index (χ1n) is 6.05. The molecular weight excluding hydrogens is 284 g/mol. The Kier molecular flexibility index (Phi) is 7.05. The second kappa shape index (κ2) is 8.30. The lowest BCUT2D eigenvalue weighted by atomic mass is 10.3. The van der Waals surface area contributed by atoms with E-state index in [1.165, 1.54) is 0 Å². The van der Waals surface area contributed by atoms with Crippen molar-refractivity contribution in [2.75, 3.05) is 39.0 Å². The van der Waals surface area contributed by atoms with E-state index in [4.69, 9.17) is 4.74 Å². The van der Waals surface area contributed by atoms with E-state index in [9.17, 15) is 4.79 Å². The minimum atomic E-state index is 0. The van der Waals surface area contributed by atoms with Gasteiger partial charge in [0.15, 0.2) is 0 Å². The van der Waals surface area contributed by atoms with Crippen molar-refractivity contribution < 1.29 is 9.53 Å². The Balaban J connectivity index is 0.00000180. The zero-order chi connectivity index (χ0) is 12.8. The summed E-state index contributed by atoms with van der Waals surface area (Å²) in [6, 6.07) is 7.79.